The van der Waals surface area contributed by atoms with Gasteiger partial charge in [0.2, 0.25) is 0 Å². The highest BCUT2D eigenvalue weighted by atomic mass is 15.2. The molecule has 17 heavy (non-hydrogen) atoms. The zero-order valence-electron chi connectivity index (χ0n) is 11.1. The van der Waals surface area contributed by atoms with Crippen LogP contribution in [0.25, 0.3) is 0 Å². The number of hydrogen-bond acceptors (Lipinski definition) is 2. The van der Waals surface area contributed by atoms with Crippen LogP contribution in [0, 0.1) is 5.92 Å². The lowest BCUT2D eigenvalue weighted by molar-refractivity contribution is 0.322. The third kappa shape index (κ3) is 3.33. The van der Waals surface area contributed by atoms with Crippen molar-refractivity contribution in [2.24, 2.45) is 11.7 Å². The number of aromatic nitrogens is 1. The third-order valence-corrected chi connectivity index (χ3v) is 3.75. The van der Waals surface area contributed by atoms with Crippen LogP contribution in [0.1, 0.15) is 38.3 Å². The van der Waals surface area contributed by atoms with Crippen LogP contribution in [0.2, 0.25) is 0 Å². The van der Waals surface area contributed by atoms with Gasteiger partial charge in [-0.25, -0.2) is 0 Å². The van der Waals surface area contributed by atoms with E-state index in [9.17, 15) is 0 Å². The maximum Gasteiger partial charge on any atom is 0.0347 e. The summed E-state index contributed by atoms with van der Waals surface area (Å²) in [6.07, 6.45) is 7.11. The fourth-order valence-corrected chi connectivity index (χ4v) is 2.44. The Kier molecular flexibility index (Phi) is 4.24. The molecule has 3 nitrogen and oxygen atoms in total. The molecule has 0 aliphatic carbocycles. The maximum absolute atomic E-state index is 6.15. The average molecular weight is 235 g/mol. The summed E-state index contributed by atoms with van der Waals surface area (Å²) < 4.78 is 2.27. The highest BCUT2D eigenvalue weighted by Gasteiger charge is 2.13. The normalized spacial score (nSPS) is 19.1. The van der Waals surface area contributed by atoms with Crippen molar-refractivity contribution in [3.8, 4) is 0 Å². The number of hydrogen-bond donors (Lipinski definition) is 1. The van der Waals surface area contributed by atoms with Crippen molar-refractivity contribution in [3.63, 3.8) is 0 Å². The molecule has 0 aromatic carbocycles. The van der Waals surface area contributed by atoms with E-state index >= 15 is 0 Å². The summed E-state index contributed by atoms with van der Waals surface area (Å²) in [5, 5.41) is 0. The van der Waals surface area contributed by atoms with E-state index in [0.29, 0.717) is 5.92 Å². The molecule has 1 unspecified atom stereocenters. The molecule has 1 aliphatic rings. The van der Waals surface area contributed by atoms with Crippen LogP contribution in [0.4, 0.5) is 0 Å². The van der Waals surface area contributed by atoms with Gasteiger partial charge in [0.1, 0.15) is 0 Å². The first-order valence-electron chi connectivity index (χ1n) is 6.80. The minimum atomic E-state index is 0.169. The molecule has 2 N–H and O–H groups in total. The first-order chi connectivity index (χ1) is 8.16. The quantitative estimate of drug-likeness (QED) is 0.849. The van der Waals surface area contributed by atoms with Gasteiger partial charge in [-0.1, -0.05) is 13.8 Å². The Balaban J connectivity index is 1.85. The molecule has 1 aliphatic heterocycles. The molecule has 0 radical (unpaired) electrons. The molecule has 1 aromatic rings. The van der Waals surface area contributed by atoms with Gasteiger partial charge in [-0.2, -0.15) is 0 Å². The van der Waals surface area contributed by atoms with Crippen molar-refractivity contribution >= 4 is 0 Å². The summed E-state index contributed by atoms with van der Waals surface area (Å²) in [5.74, 6) is 0.504. The topological polar surface area (TPSA) is 34.2 Å². The molecule has 1 aromatic heterocycles. The van der Waals surface area contributed by atoms with Crippen LogP contribution >= 0.6 is 0 Å². The summed E-state index contributed by atoms with van der Waals surface area (Å²) in [7, 11) is 0. The number of likely N-dealkylation sites (tertiary alicyclic amines) is 1. The lowest BCUT2D eigenvalue weighted by Gasteiger charge is -2.15. The lowest BCUT2D eigenvalue weighted by Crippen LogP contribution is -2.23. The molecule has 1 atom stereocenters. The van der Waals surface area contributed by atoms with Crippen molar-refractivity contribution in [3.05, 3.63) is 24.0 Å². The maximum atomic E-state index is 6.15. The number of nitrogens with zero attached hydrogens (tertiary/aromatic N) is 2. The van der Waals surface area contributed by atoms with Crippen molar-refractivity contribution in [1.29, 1.82) is 0 Å². The fourth-order valence-electron chi connectivity index (χ4n) is 2.44. The van der Waals surface area contributed by atoms with Crippen molar-refractivity contribution in [1.82, 2.24) is 9.47 Å². The molecular formula is C14H25N3. The Labute approximate surface area is 105 Å². The van der Waals surface area contributed by atoms with E-state index < -0.39 is 0 Å². The third-order valence-electron chi connectivity index (χ3n) is 3.75. The Morgan fingerprint density at radius 1 is 1.24 bits per heavy atom. The van der Waals surface area contributed by atoms with E-state index in [0.717, 1.165) is 6.54 Å². The second-order valence-electron chi connectivity index (χ2n) is 5.50. The van der Waals surface area contributed by atoms with E-state index in [4.69, 9.17) is 5.73 Å². The van der Waals surface area contributed by atoms with Gasteiger partial charge < -0.3 is 15.2 Å². The van der Waals surface area contributed by atoms with Crippen LogP contribution in [0.3, 0.4) is 0 Å². The van der Waals surface area contributed by atoms with Gasteiger partial charge in [0.05, 0.1) is 0 Å². The lowest BCUT2D eigenvalue weighted by atomic mass is 10.00. The van der Waals surface area contributed by atoms with E-state index in [1.54, 1.807) is 0 Å². The van der Waals surface area contributed by atoms with Crippen molar-refractivity contribution in [2.45, 2.75) is 39.3 Å². The van der Waals surface area contributed by atoms with Crippen molar-refractivity contribution in [2.75, 3.05) is 19.6 Å². The van der Waals surface area contributed by atoms with Gasteiger partial charge >= 0.3 is 0 Å². The Bertz CT molecular complexity index is 337. The van der Waals surface area contributed by atoms with E-state index in [2.05, 4.69) is 41.8 Å². The predicted octanol–water partition coefficient (Wildman–Crippen LogP) is 2.24. The first kappa shape index (κ1) is 12.7. The Hall–Kier alpha value is -0.800. The standard InChI is InChI=1S/C14H25N3/c1-12(2)14(15)13-5-8-17(11-13)10-9-16-6-3-4-7-16/h5,8,11-12,14H,3-4,6-7,9-10,15H2,1-2H3. The first-order valence-corrected chi connectivity index (χ1v) is 6.80. The van der Waals surface area contributed by atoms with E-state index in [1.165, 1.54) is 38.0 Å². The smallest absolute Gasteiger partial charge is 0.0347 e. The molecule has 0 saturated carbocycles. The Morgan fingerprint density at radius 3 is 2.59 bits per heavy atom. The van der Waals surface area contributed by atoms with Crippen LogP contribution in [0.15, 0.2) is 18.5 Å². The zero-order valence-corrected chi connectivity index (χ0v) is 11.1. The van der Waals surface area contributed by atoms with E-state index in [-0.39, 0.29) is 6.04 Å². The molecule has 0 amide bonds. The SMILES string of the molecule is CC(C)C(N)c1ccn(CCN2CCCC2)c1. The Morgan fingerprint density at radius 2 is 1.94 bits per heavy atom. The molecule has 2 rings (SSSR count). The zero-order chi connectivity index (χ0) is 12.3. The molecule has 0 spiro atoms. The molecular weight excluding hydrogens is 210 g/mol. The largest absolute Gasteiger partial charge is 0.353 e. The molecule has 1 fully saturated rings. The van der Waals surface area contributed by atoms with Gasteiger partial charge in [-0.15, -0.1) is 0 Å². The van der Waals surface area contributed by atoms with Gasteiger partial charge in [0.15, 0.2) is 0 Å². The highest BCUT2D eigenvalue weighted by Crippen LogP contribution is 2.19. The van der Waals surface area contributed by atoms with E-state index in [1.807, 2.05) is 0 Å². The van der Waals surface area contributed by atoms with Crippen LogP contribution in [-0.2, 0) is 6.54 Å². The molecule has 0 bridgehead atoms. The van der Waals surface area contributed by atoms with Gasteiger partial charge in [-0.3, -0.25) is 0 Å². The molecule has 3 heteroatoms. The van der Waals surface area contributed by atoms with Crippen LogP contribution < -0.4 is 5.73 Å². The highest BCUT2D eigenvalue weighted by molar-refractivity contribution is 5.15. The number of nitrogens with two attached hydrogens (primary N) is 1. The average Bonchev–Trinajstić information content (AvgIpc) is 2.96. The second kappa shape index (κ2) is 5.69. The summed E-state index contributed by atoms with van der Waals surface area (Å²) in [5.41, 5.74) is 7.41. The minimum Gasteiger partial charge on any atom is -0.353 e. The van der Waals surface area contributed by atoms with Gasteiger partial charge in [0, 0.05) is 31.5 Å². The monoisotopic (exact) mass is 235 g/mol. The minimum absolute atomic E-state index is 0.169. The van der Waals surface area contributed by atoms with Gasteiger partial charge in [-0.05, 0) is 43.5 Å². The molecule has 1 saturated heterocycles. The summed E-state index contributed by atoms with van der Waals surface area (Å²) in [6.45, 7) is 9.16. The molecule has 2 heterocycles. The van der Waals surface area contributed by atoms with Crippen LogP contribution in [0.5, 0.6) is 0 Å². The summed E-state index contributed by atoms with van der Waals surface area (Å²) in [6, 6.07) is 2.33. The second-order valence-corrected chi connectivity index (χ2v) is 5.50. The molecule has 96 valence electrons. The fraction of sp³-hybridized carbons (Fsp3) is 0.714. The summed E-state index contributed by atoms with van der Waals surface area (Å²) in [4.78, 5) is 2.54. The number of rotatable bonds is 5. The van der Waals surface area contributed by atoms with Crippen molar-refractivity contribution < 1.29 is 0 Å². The van der Waals surface area contributed by atoms with Gasteiger partial charge in [0.25, 0.3) is 0 Å². The van der Waals surface area contributed by atoms with Crippen LogP contribution in [-0.4, -0.2) is 29.1 Å². The summed E-state index contributed by atoms with van der Waals surface area (Å²) >= 11 is 0. The predicted molar refractivity (Wildman–Crippen MR) is 71.9 cm³/mol.